The van der Waals surface area contributed by atoms with E-state index in [0.29, 0.717) is 5.69 Å². The lowest BCUT2D eigenvalue weighted by molar-refractivity contribution is 0.270. The van der Waals surface area contributed by atoms with Crippen LogP contribution in [0.3, 0.4) is 0 Å². The molecule has 0 spiro atoms. The van der Waals surface area contributed by atoms with Gasteiger partial charge in [0, 0.05) is 17.9 Å². The maximum absolute atomic E-state index is 12.2. The van der Waals surface area contributed by atoms with Crippen LogP contribution in [0, 0.1) is 0 Å². The lowest BCUT2D eigenvalue weighted by Gasteiger charge is -2.04. The van der Waals surface area contributed by atoms with Gasteiger partial charge in [0.15, 0.2) is 0 Å². The van der Waals surface area contributed by atoms with Gasteiger partial charge in [-0.15, -0.1) is 5.10 Å². The molecule has 1 saturated carbocycles. The number of aliphatic hydroxyl groups excluding tert-OH is 1. The summed E-state index contributed by atoms with van der Waals surface area (Å²) in [5.41, 5.74) is 0.583. The average molecular weight is 295 g/mol. The van der Waals surface area contributed by atoms with Gasteiger partial charge in [-0.25, -0.2) is 18.1 Å². The maximum Gasteiger partial charge on any atom is 0.265 e. The van der Waals surface area contributed by atoms with Crippen LogP contribution in [0.25, 0.3) is 0 Å². The van der Waals surface area contributed by atoms with Crippen molar-refractivity contribution >= 4 is 16.0 Å². The number of anilines is 1. The smallest absolute Gasteiger partial charge is 0.265 e. The van der Waals surface area contributed by atoms with Gasteiger partial charge >= 0.3 is 0 Å². The third-order valence-corrected chi connectivity index (χ3v) is 4.32. The largest absolute Gasteiger partial charge is 0.390 e. The maximum atomic E-state index is 12.2. The Bertz CT molecular complexity index is 709. The zero-order valence-electron chi connectivity index (χ0n) is 10.5. The Morgan fingerprint density at radius 3 is 2.80 bits per heavy atom. The number of sulfonamides is 1. The highest BCUT2D eigenvalue weighted by Crippen LogP contribution is 2.37. The molecule has 2 N–H and O–H groups in total. The van der Waals surface area contributed by atoms with Crippen LogP contribution in [0.5, 0.6) is 0 Å². The second-order valence-corrected chi connectivity index (χ2v) is 6.22. The predicted molar refractivity (Wildman–Crippen MR) is 69.3 cm³/mol. The summed E-state index contributed by atoms with van der Waals surface area (Å²) in [6.07, 6.45) is 6.23. The Morgan fingerprint density at radius 2 is 2.20 bits per heavy atom. The Balaban J connectivity index is 1.91. The molecule has 9 heteroatoms. The molecule has 0 saturated heterocycles. The molecule has 0 unspecified atom stereocenters. The summed E-state index contributed by atoms with van der Waals surface area (Å²) >= 11 is 0. The molecule has 1 fully saturated rings. The second kappa shape index (κ2) is 4.84. The zero-order valence-corrected chi connectivity index (χ0v) is 11.3. The standard InChI is InChI=1S/C11H13N5O3S/c17-7-9-5-10(6-16(9)8-1-2-8)20(18,19)15-11-12-3-4-13-14-11/h3-6,8,17H,1-2,7H2,(H,12,14,15). The minimum absolute atomic E-state index is 0.0842. The zero-order chi connectivity index (χ0) is 14.2. The Morgan fingerprint density at radius 1 is 1.40 bits per heavy atom. The number of hydrogen-bond donors (Lipinski definition) is 2. The topological polar surface area (TPSA) is 110 Å². The second-order valence-electron chi connectivity index (χ2n) is 4.54. The van der Waals surface area contributed by atoms with Crippen LogP contribution in [0.2, 0.25) is 0 Å². The summed E-state index contributed by atoms with van der Waals surface area (Å²) in [5, 5.41) is 16.4. The minimum atomic E-state index is -3.78. The van der Waals surface area contributed by atoms with Gasteiger partial charge in [0.05, 0.1) is 19.0 Å². The van der Waals surface area contributed by atoms with Crippen LogP contribution >= 0.6 is 0 Å². The van der Waals surface area contributed by atoms with Gasteiger partial charge in [0.1, 0.15) is 4.90 Å². The van der Waals surface area contributed by atoms with Crippen LogP contribution in [0.1, 0.15) is 24.6 Å². The summed E-state index contributed by atoms with van der Waals surface area (Å²) in [4.78, 5) is 3.85. The summed E-state index contributed by atoms with van der Waals surface area (Å²) in [7, 11) is -3.78. The summed E-state index contributed by atoms with van der Waals surface area (Å²) in [5.74, 6) is -0.0859. The first kappa shape index (κ1) is 13.0. The van der Waals surface area contributed by atoms with Crippen LogP contribution in [0.4, 0.5) is 5.95 Å². The van der Waals surface area contributed by atoms with Crippen molar-refractivity contribution < 1.29 is 13.5 Å². The molecule has 0 aromatic carbocycles. The molecule has 0 aliphatic heterocycles. The normalized spacial score (nSPS) is 15.2. The van der Waals surface area contributed by atoms with Crippen molar-refractivity contribution in [1.82, 2.24) is 19.7 Å². The van der Waals surface area contributed by atoms with Crippen molar-refractivity contribution in [2.75, 3.05) is 4.72 Å². The molecule has 20 heavy (non-hydrogen) atoms. The van der Waals surface area contributed by atoms with Crippen molar-refractivity contribution in [1.29, 1.82) is 0 Å². The first-order valence-electron chi connectivity index (χ1n) is 6.08. The van der Waals surface area contributed by atoms with Gasteiger partial charge in [0.25, 0.3) is 16.0 Å². The average Bonchev–Trinajstić information content (AvgIpc) is 3.18. The van der Waals surface area contributed by atoms with Crippen LogP contribution in [-0.2, 0) is 16.6 Å². The van der Waals surface area contributed by atoms with E-state index < -0.39 is 10.0 Å². The first-order chi connectivity index (χ1) is 9.60. The van der Waals surface area contributed by atoms with Crippen LogP contribution < -0.4 is 4.72 Å². The monoisotopic (exact) mass is 295 g/mol. The fraction of sp³-hybridized carbons (Fsp3) is 0.364. The predicted octanol–water partition coefficient (Wildman–Crippen LogP) is 0.301. The van der Waals surface area contributed by atoms with Crippen molar-refractivity contribution in [2.45, 2.75) is 30.4 Å². The van der Waals surface area contributed by atoms with Crippen LogP contribution in [0.15, 0.2) is 29.6 Å². The molecule has 1 aliphatic rings. The third-order valence-electron chi connectivity index (χ3n) is 3.03. The number of hydrogen-bond acceptors (Lipinski definition) is 6. The fourth-order valence-electron chi connectivity index (χ4n) is 1.94. The van der Waals surface area contributed by atoms with E-state index in [-0.39, 0.29) is 23.5 Å². The lowest BCUT2D eigenvalue weighted by atomic mass is 10.4. The number of rotatable bonds is 5. The Kier molecular flexibility index (Phi) is 3.14. The molecular weight excluding hydrogens is 282 g/mol. The van der Waals surface area contributed by atoms with Crippen molar-refractivity contribution in [3.05, 3.63) is 30.4 Å². The van der Waals surface area contributed by atoms with Gasteiger partial charge < -0.3 is 9.67 Å². The highest BCUT2D eigenvalue weighted by molar-refractivity contribution is 7.92. The van der Waals surface area contributed by atoms with E-state index in [1.165, 1.54) is 24.7 Å². The third kappa shape index (κ3) is 2.49. The summed E-state index contributed by atoms with van der Waals surface area (Å²) < 4.78 is 28.5. The van der Waals surface area contributed by atoms with E-state index in [2.05, 4.69) is 19.9 Å². The molecule has 8 nitrogen and oxygen atoms in total. The van der Waals surface area contributed by atoms with Gasteiger partial charge in [0.2, 0.25) is 0 Å². The number of nitrogens with one attached hydrogen (secondary N) is 1. The van der Waals surface area contributed by atoms with E-state index in [0.717, 1.165) is 12.8 Å². The molecule has 2 aromatic heterocycles. The van der Waals surface area contributed by atoms with E-state index in [1.54, 1.807) is 4.57 Å². The number of aliphatic hydroxyl groups is 1. The van der Waals surface area contributed by atoms with E-state index in [1.807, 2.05) is 0 Å². The molecule has 2 heterocycles. The summed E-state index contributed by atoms with van der Waals surface area (Å²) in [6.45, 7) is -0.199. The lowest BCUT2D eigenvalue weighted by Crippen LogP contribution is -2.14. The summed E-state index contributed by atoms with van der Waals surface area (Å²) in [6, 6.07) is 1.74. The fourth-order valence-corrected chi connectivity index (χ4v) is 2.93. The Hall–Kier alpha value is -2.00. The first-order valence-corrected chi connectivity index (χ1v) is 7.56. The highest BCUT2D eigenvalue weighted by Gasteiger charge is 2.28. The molecule has 0 atom stereocenters. The number of aromatic nitrogens is 4. The van der Waals surface area contributed by atoms with E-state index in [9.17, 15) is 13.5 Å². The molecule has 0 amide bonds. The molecule has 106 valence electrons. The molecule has 3 rings (SSSR count). The molecular formula is C11H13N5O3S. The Labute approximate surface area is 115 Å². The van der Waals surface area contributed by atoms with Gasteiger partial charge in [-0.1, -0.05) is 0 Å². The minimum Gasteiger partial charge on any atom is -0.390 e. The highest BCUT2D eigenvalue weighted by atomic mass is 32.2. The van der Waals surface area contributed by atoms with Crippen molar-refractivity contribution in [3.63, 3.8) is 0 Å². The van der Waals surface area contributed by atoms with E-state index >= 15 is 0 Å². The molecule has 0 bridgehead atoms. The quantitative estimate of drug-likeness (QED) is 0.821. The van der Waals surface area contributed by atoms with Gasteiger partial charge in [-0.05, 0) is 18.9 Å². The number of nitrogens with zero attached hydrogens (tertiary/aromatic N) is 4. The van der Waals surface area contributed by atoms with Crippen molar-refractivity contribution in [3.8, 4) is 0 Å². The van der Waals surface area contributed by atoms with Gasteiger partial charge in [-0.3, -0.25) is 0 Å². The van der Waals surface area contributed by atoms with Crippen LogP contribution in [-0.4, -0.2) is 33.3 Å². The molecule has 2 aromatic rings. The SMILES string of the molecule is O=S(=O)(Nc1nccnn1)c1cc(CO)n(C2CC2)c1. The molecule has 0 radical (unpaired) electrons. The van der Waals surface area contributed by atoms with E-state index in [4.69, 9.17) is 0 Å². The van der Waals surface area contributed by atoms with Gasteiger partial charge in [-0.2, -0.15) is 5.10 Å². The van der Waals surface area contributed by atoms with Crippen molar-refractivity contribution in [2.24, 2.45) is 0 Å². The molecule has 1 aliphatic carbocycles.